The van der Waals surface area contributed by atoms with Crippen LogP contribution in [0.5, 0.6) is 5.75 Å². The summed E-state index contributed by atoms with van der Waals surface area (Å²) in [6, 6.07) is 15.0. The van der Waals surface area contributed by atoms with Crippen LogP contribution >= 0.6 is 0 Å². The molecule has 0 N–H and O–H groups in total. The van der Waals surface area contributed by atoms with Crippen molar-refractivity contribution >= 4 is 16.0 Å². The highest BCUT2D eigenvalue weighted by Gasteiger charge is 2.32. The van der Waals surface area contributed by atoms with Crippen LogP contribution in [0.15, 0.2) is 54.6 Å². The molecule has 0 fully saturated rings. The highest BCUT2D eigenvalue weighted by Crippen LogP contribution is 2.18. The van der Waals surface area contributed by atoms with Gasteiger partial charge in [0.05, 0.1) is 20.0 Å². The number of carbonyl (C=O) groups excluding carboxylic acids is 1. The van der Waals surface area contributed by atoms with E-state index in [9.17, 15) is 13.2 Å². The van der Waals surface area contributed by atoms with Crippen molar-refractivity contribution < 1.29 is 22.7 Å². The monoisotopic (exact) mass is 377 g/mol. The fourth-order valence-corrected chi connectivity index (χ4v) is 3.93. The van der Waals surface area contributed by atoms with E-state index in [1.807, 2.05) is 6.07 Å². The number of methoxy groups -OCH3 is 2. The highest BCUT2D eigenvalue weighted by molar-refractivity contribution is 7.88. The van der Waals surface area contributed by atoms with Crippen molar-refractivity contribution in [1.29, 1.82) is 0 Å². The van der Waals surface area contributed by atoms with Gasteiger partial charge < -0.3 is 9.47 Å². The van der Waals surface area contributed by atoms with Gasteiger partial charge in [-0.25, -0.2) is 8.42 Å². The van der Waals surface area contributed by atoms with Crippen molar-refractivity contribution in [2.75, 3.05) is 21.3 Å². The van der Waals surface area contributed by atoms with Crippen molar-refractivity contribution in [1.82, 2.24) is 4.31 Å². The summed E-state index contributed by atoms with van der Waals surface area (Å²) in [5.74, 6) is -0.0890. The van der Waals surface area contributed by atoms with Crippen LogP contribution in [0.4, 0.5) is 0 Å². The molecule has 0 spiro atoms. The normalized spacial score (nSPS) is 12.6. The minimum Gasteiger partial charge on any atom is -0.497 e. The Kier molecular flexibility index (Phi) is 6.76. The van der Waals surface area contributed by atoms with Crippen LogP contribution in [-0.2, 0) is 31.7 Å². The zero-order chi connectivity index (χ0) is 19.2. The summed E-state index contributed by atoms with van der Waals surface area (Å²) in [6.07, 6.45) is 0.210. The lowest BCUT2D eigenvalue weighted by molar-refractivity contribution is -0.144. The molecule has 2 rings (SSSR count). The Morgan fingerprint density at radius 2 is 1.62 bits per heavy atom. The molecule has 26 heavy (non-hydrogen) atoms. The zero-order valence-electron chi connectivity index (χ0n) is 15.1. The SMILES string of the molecule is COC(=O)[C@H](Cc1ccc(OC)cc1)N(C)S(=O)(=O)Cc1ccccc1. The van der Waals surface area contributed by atoms with E-state index in [-0.39, 0.29) is 12.2 Å². The Bertz CT molecular complexity index is 819. The number of hydrogen-bond acceptors (Lipinski definition) is 5. The number of rotatable bonds is 8. The topological polar surface area (TPSA) is 72.9 Å². The van der Waals surface area contributed by atoms with Crippen molar-refractivity contribution in [3.63, 3.8) is 0 Å². The van der Waals surface area contributed by atoms with Crippen molar-refractivity contribution in [2.45, 2.75) is 18.2 Å². The van der Waals surface area contributed by atoms with Gasteiger partial charge in [0.2, 0.25) is 10.0 Å². The Labute approximate surface area is 154 Å². The maximum absolute atomic E-state index is 12.8. The molecule has 6 nitrogen and oxygen atoms in total. The summed E-state index contributed by atoms with van der Waals surface area (Å²) in [7, 11) is 0.530. The first-order valence-corrected chi connectivity index (χ1v) is 9.68. The first-order valence-electron chi connectivity index (χ1n) is 8.07. The zero-order valence-corrected chi connectivity index (χ0v) is 15.9. The second-order valence-corrected chi connectivity index (χ2v) is 7.88. The summed E-state index contributed by atoms with van der Waals surface area (Å²) in [4.78, 5) is 12.2. The predicted octanol–water partition coefficient (Wildman–Crippen LogP) is 2.24. The number of esters is 1. The summed E-state index contributed by atoms with van der Waals surface area (Å²) in [5, 5.41) is 0. The Hall–Kier alpha value is -2.38. The molecule has 1 atom stereocenters. The molecule has 0 unspecified atom stereocenters. The molecule has 2 aromatic carbocycles. The molecule has 0 aliphatic carbocycles. The number of nitrogens with zero attached hydrogens (tertiary/aromatic N) is 1. The highest BCUT2D eigenvalue weighted by atomic mass is 32.2. The van der Waals surface area contributed by atoms with E-state index in [1.165, 1.54) is 14.2 Å². The Balaban J connectivity index is 2.22. The molecule has 0 saturated heterocycles. The number of sulfonamides is 1. The lowest BCUT2D eigenvalue weighted by Crippen LogP contribution is -2.44. The second-order valence-electron chi connectivity index (χ2n) is 5.85. The van der Waals surface area contributed by atoms with Crippen LogP contribution < -0.4 is 4.74 Å². The number of likely N-dealkylation sites (N-methyl/N-ethyl adjacent to an activating group) is 1. The fourth-order valence-electron chi connectivity index (χ4n) is 2.56. The van der Waals surface area contributed by atoms with E-state index in [2.05, 4.69) is 0 Å². The van der Waals surface area contributed by atoms with Gasteiger partial charge in [0, 0.05) is 7.05 Å². The average Bonchev–Trinajstić information content (AvgIpc) is 2.66. The third kappa shape index (κ3) is 5.06. The van der Waals surface area contributed by atoms with Gasteiger partial charge in [0.25, 0.3) is 0 Å². The number of carbonyl (C=O) groups is 1. The molecule has 0 radical (unpaired) electrons. The molecule has 0 aliphatic rings. The van der Waals surface area contributed by atoms with Crippen molar-refractivity contribution in [3.05, 3.63) is 65.7 Å². The number of ether oxygens (including phenoxy) is 2. The van der Waals surface area contributed by atoms with Gasteiger partial charge in [-0.2, -0.15) is 4.31 Å². The van der Waals surface area contributed by atoms with Gasteiger partial charge >= 0.3 is 5.97 Å². The largest absolute Gasteiger partial charge is 0.497 e. The molecule has 7 heteroatoms. The molecule has 0 amide bonds. The quantitative estimate of drug-likeness (QED) is 0.660. The van der Waals surface area contributed by atoms with Gasteiger partial charge in [-0.05, 0) is 29.7 Å². The van der Waals surface area contributed by atoms with E-state index in [0.29, 0.717) is 11.3 Å². The van der Waals surface area contributed by atoms with Crippen LogP contribution in [0.3, 0.4) is 0 Å². The average molecular weight is 377 g/mol. The third-order valence-corrected chi connectivity index (χ3v) is 5.96. The van der Waals surface area contributed by atoms with E-state index in [4.69, 9.17) is 9.47 Å². The smallest absolute Gasteiger partial charge is 0.324 e. The molecule has 0 saturated carbocycles. The van der Waals surface area contributed by atoms with E-state index >= 15 is 0 Å². The standard InChI is InChI=1S/C19H23NO5S/c1-20(26(22,23)14-16-7-5-4-6-8-16)18(19(21)25-3)13-15-9-11-17(24-2)12-10-15/h4-12,18H,13-14H2,1-3H3/t18-/m0/s1. The number of benzene rings is 2. The third-order valence-electron chi connectivity index (χ3n) is 4.13. The van der Waals surface area contributed by atoms with Gasteiger partial charge in [-0.15, -0.1) is 0 Å². The minimum atomic E-state index is -3.69. The van der Waals surface area contributed by atoms with Crippen LogP contribution in [-0.4, -0.2) is 46.0 Å². The van der Waals surface area contributed by atoms with Crippen LogP contribution in [0.2, 0.25) is 0 Å². The number of hydrogen-bond donors (Lipinski definition) is 0. The Morgan fingerprint density at radius 1 is 1.00 bits per heavy atom. The lowest BCUT2D eigenvalue weighted by Gasteiger charge is -2.25. The van der Waals surface area contributed by atoms with Crippen LogP contribution in [0, 0.1) is 0 Å². The predicted molar refractivity (Wildman–Crippen MR) is 99.3 cm³/mol. The van der Waals surface area contributed by atoms with E-state index in [0.717, 1.165) is 9.87 Å². The molecule has 2 aromatic rings. The molecule has 0 bridgehead atoms. The van der Waals surface area contributed by atoms with Gasteiger partial charge in [0.15, 0.2) is 0 Å². The first kappa shape index (κ1) is 19.9. The van der Waals surface area contributed by atoms with Crippen molar-refractivity contribution in [2.24, 2.45) is 0 Å². The molecule has 0 heterocycles. The molecule has 140 valence electrons. The maximum atomic E-state index is 12.8. The Morgan fingerprint density at radius 3 is 2.15 bits per heavy atom. The van der Waals surface area contributed by atoms with Gasteiger partial charge in [0.1, 0.15) is 11.8 Å². The van der Waals surface area contributed by atoms with Crippen molar-refractivity contribution in [3.8, 4) is 5.75 Å². The summed E-state index contributed by atoms with van der Waals surface area (Å²) < 4.78 is 36.5. The van der Waals surface area contributed by atoms with Crippen LogP contribution in [0.25, 0.3) is 0 Å². The molecular weight excluding hydrogens is 354 g/mol. The van der Waals surface area contributed by atoms with E-state index in [1.54, 1.807) is 55.6 Å². The minimum absolute atomic E-state index is 0.180. The maximum Gasteiger partial charge on any atom is 0.324 e. The second kappa shape index (κ2) is 8.82. The fraction of sp³-hybridized carbons (Fsp3) is 0.316. The van der Waals surface area contributed by atoms with Gasteiger partial charge in [-0.3, -0.25) is 4.79 Å². The molecular formula is C19H23NO5S. The summed E-state index contributed by atoms with van der Waals surface area (Å²) in [5.41, 5.74) is 1.47. The lowest BCUT2D eigenvalue weighted by atomic mass is 10.1. The molecule has 0 aliphatic heterocycles. The first-order chi connectivity index (χ1) is 12.4. The van der Waals surface area contributed by atoms with Crippen LogP contribution in [0.1, 0.15) is 11.1 Å². The summed E-state index contributed by atoms with van der Waals surface area (Å²) in [6.45, 7) is 0. The molecule has 0 aromatic heterocycles. The summed E-state index contributed by atoms with van der Waals surface area (Å²) >= 11 is 0. The van der Waals surface area contributed by atoms with E-state index < -0.39 is 22.0 Å². The van der Waals surface area contributed by atoms with Gasteiger partial charge in [-0.1, -0.05) is 42.5 Å².